The Kier molecular flexibility index (Phi) is 15.3. The fraction of sp³-hybridized carbons (Fsp3) is 1.00. The zero-order valence-corrected chi connectivity index (χ0v) is 20.7. The molecule has 0 aliphatic heterocycles. The van der Waals surface area contributed by atoms with Crippen molar-refractivity contribution >= 4 is 103 Å². The highest BCUT2D eigenvalue weighted by Gasteiger charge is 2.27. The number of alkyl halides is 6. The average molecular weight is 698 g/mol. The molecule has 0 fully saturated rings. The smallest absolute Gasteiger partial charge is 0.287 e. The van der Waals surface area contributed by atoms with Crippen LogP contribution in [0.2, 0.25) is 0 Å². The molecule has 0 aliphatic rings. The molecule has 0 bridgehead atoms. The molecule has 0 saturated carbocycles. The highest BCUT2D eigenvalue weighted by Crippen LogP contribution is 2.50. The van der Waals surface area contributed by atoms with E-state index in [1.165, 1.54) is 0 Å². The van der Waals surface area contributed by atoms with Crippen molar-refractivity contribution in [3.8, 4) is 0 Å². The fourth-order valence-corrected chi connectivity index (χ4v) is 3.20. The molecule has 0 atom stereocenters. The molecule has 122 valence electrons. The number of hydrogen-bond acceptors (Lipinski definition) is 4. The van der Waals surface area contributed by atoms with Gasteiger partial charge in [-0.1, -0.05) is 95.6 Å². The van der Waals surface area contributed by atoms with Crippen molar-refractivity contribution in [3.05, 3.63) is 0 Å². The minimum atomic E-state index is -3.51. The minimum absolute atomic E-state index is 0.104. The standard InChI is InChI=1S/C9H15Br6O4P/c10-7(11)1-4-17-20(16,18-5-2-8(12)13)19-6-3-9(14)15/h7-9H,1-6H2. The highest BCUT2D eigenvalue weighted by atomic mass is 79.9. The summed E-state index contributed by atoms with van der Waals surface area (Å²) in [5.74, 6) is 0. The van der Waals surface area contributed by atoms with Gasteiger partial charge in [-0.15, -0.1) is 0 Å². The van der Waals surface area contributed by atoms with E-state index in [0.29, 0.717) is 19.3 Å². The van der Waals surface area contributed by atoms with Gasteiger partial charge in [-0.3, -0.25) is 13.6 Å². The van der Waals surface area contributed by atoms with E-state index in [0.717, 1.165) is 0 Å². The predicted molar refractivity (Wildman–Crippen MR) is 104 cm³/mol. The van der Waals surface area contributed by atoms with E-state index >= 15 is 0 Å². The summed E-state index contributed by atoms with van der Waals surface area (Å²) in [6.07, 6.45) is 1.95. The van der Waals surface area contributed by atoms with Gasteiger partial charge in [0.05, 0.1) is 31.0 Å². The Morgan fingerprint density at radius 2 is 0.900 bits per heavy atom. The van der Waals surface area contributed by atoms with Crippen molar-refractivity contribution in [1.82, 2.24) is 0 Å². The summed E-state index contributed by atoms with van der Waals surface area (Å²) in [6.45, 7) is 0.823. The maximum absolute atomic E-state index is 12.4. The summed E-state index contributed by atoms with van der Waals surface area (Å²) in [6, 6.07) is 0. The normalized spacial score (nSPS) is 12.8. The summed E-state index contributed by atoms with van der Waals surface area (Å²) in [4.78, 5) is 0. The van der Waals surface area contributed by atoms with Crippen LogP contribution in [0, 0.1) is 0 Å². The molecule has 0 aromatic carbocycles. The van der Waals surface area contributed by atoms with Crippen molar-refractivity contribution < 1.29 is 18.1 Å². The average Bonchev–Trinajstić information content (AvgIpc) is 2.27. The number of rotatable bonds is 12. The first-order valence-corrected chi connectivity index (χ1v) is 12.6. The van der Waals surface area contributed by atoms with Crippen LogP contribution in [0.1, 0.15) is 19.3 Å². The van der Waals surface area contributed by atoms with Crippen LogP contribution in [0.5, 0.6) is 0 Å². The van der Waals surface area contributed by atoms with E-state index in [1.54, 1.807) is 0 Å². The molecule has 0 N–H and O–H groups in total. The molecule has 0 rings (SSSR count). The maximum atomic E-state index is 12.4. The second-order valence-electron chi connectivity index (χ2n) is 3.49. The lowest BCUT2D eigenvalue weighted by molar-refractivity contribution is 0.113. The van der Waals surface area contributed by atoms with Gasteiger partial charge in [0.2, 0.25) is 0 Å². The molecule has 0 amide bonds. The molecule has 0 unspecified atom stereocenters. The summed E-state index contributed by atoms with van der Waals surface area (Å²) >= 11 is 20.0. The molecule has 0 aliphatic carbocycles. The van der Waals surface area contributed by atoms with E-state index < -0.39 is 7.82 Å². The lowest BCUT2D eigenvalue weighted by Gasteiger charge is -2.18. The first kappa shape index (κ1) is 23.0. The second kappa shape index (κ2) is 13.3. The molecule has 20 heavy (non-hydrogen) atoms. The fourth-order valence-electron chi connectivity index (χ4n) is 0.873. The number of hydrogen-bond donors (Lipinski definition) is 0. The van der Waals surface area contributed by atoms with Gasteiger partial charge in [-0.05, 0) is 19.3 Å². The van der Waals surface area contributed by atoms with Crippen LogP contribution in [0.25, 0.3) is 0 Å². The Balaban J connectivity index is 4.23. The van der Waals surface area contributed by atoms with Crippen LogP contribution in [0.4, 0.5) is 0 Å². The number of phosphoric acid groups is 1. The molecular weight excluding hydrogens is 682 g/mol. The molecule has 0 spiro atoms. The van der Waals surface area contributed by atoms with Gasteiger partial charge >= 0.3 is 7.82 Å². The van der Waals surface area contributed by atoms with Gasteiger partial charge in [0.15, 0.2) is 0 Å². The zero-order chi connectivity index (χ0) is 15.6. The second-order valence-corrected chi connectivity index (χ2v) is 15.5. The van der Waals surface area contributed by atoms with E-state index in [9.17, 15) is 4.57 Å². The Morgan fingerprint density at radius 1 is 0.650 bits per heavy atom. The molecule has 4 nitrogen and oxygen atoms in total. The molecule has 0 saturated heterocycles. The molecule has 11 heteroatoms. The van der Waals surface area contributed by atoms with Gasteiger partial charge < -0.3 is 0 Å². The number of phosphoric ester groups is 1. The Hall–Kier alpha value is 2.99. The zero-order valence-electron chi connectivity index (χ0n) is 10.3. The summed E-state index contributed by atoms with van der Waals surface area (Å²) in [7, 11) is -3.51. The van der Waals surface area contributed by atoms with E-state index in [2.05, 4.69) is 95.6 Å². The topological polar surface area (TPSA) is 44.8 Å². The quantitative estimate of drug-likeness (QED) is 0.169. The van der Waals surface area contributed by atoms with Crippen molar-refractivity contribution in [2.24, 2.45) is 0 Å². The van der Waals surface area contributed by atoms with E-state index in [1.807, 2.05) is 0 Å². The highest BCUT2D eigenvalue weighted by molar-refractivity contribution is 9.25. The Morgan fingerprint density at radius 3 is 1.10 bits per heavy atom. The predicted octanol–water partition coefficient (Wildman–Crippen LogP) is 6.66. The van der Waals surface area contributed by atoms with Crippen molar-refractivity contribution in [1.29, 1.82) is 0 Å². The van der Waals surface area contributed by atoms with Crippen LogP contribution < -0.4 is 0 Å². The van der Waals surface area contributed by atoms with Crippen molar-refractivity contribution in [2.75, 3.05) is 19.8 Å². The maximum Gasteiger partial charge on any atom is 0.474 e. The van der Waals surface area contributed by atoms with Crippen LogP contribution >= 0.6 is 103 Å². The summed E-state index contributed by atoms with van der Waals surface area (Å²) in [5.41, 5.74) is 0. The Labute approximate surface area is 170 Å². The van der Waals surface area contributed by atoms with Gasteiger partial charge in [0.25, 0.3) is 0 Å². The Bertz CT molecular complexity index is 249. The van der Waals surface area contributed by atoms with Gasteiger partial charge in [0, 0.05) is 0 Å². The third kappa shape index (κ3) is 14.6. The third-order valence-electron chi connectivity index (χ3n) is 1.76. The first-order valence-electron chi connectivity index (χ1n) is 5.63. The largest absolute Gasteiger partial charge is 0.474 e. The number of halogens is 6. The van der Waals surface area contributed by atoms with Crippen LogP contribution in [-0.4, -0.2) is 31.0 Å². The first-order chi connectivity index (χ1) is 9.25. The SMILES string of the molecule is O=P(OCCC(Br)Br)(OCCC(Br)Br)OCCC(Br)Br. The van der Waals surface area contributed by atoms with Gasteiger partial charge in [0.1, 0.15) is 0 Å². The summed E-state index contributed by atoms with van der Waals surface area (Å²) in [5, 5.41) is 0. The molecule has 0 heterocycles. The summed E-state index contributed by atoms with van der Waals surface area (Å²) < 4.78 is 28.6. The third-order valence-corrected chi connectivity index (χ3v) is 6.00. The molecule has 0 aromatic heterocycles. The van der Waals surface area contributed by atoms with Gasteiger partial charge in [-0.2, -0.15) is 0 Å². The van der Waals surface area contributed by atoms with Gasteiger partial charge in [-0.25, -0.2) is 4.57 Å². The molecule has 0 aromatic rings. The van der Waals surface area contributed by atoms with Crippen molar-refractivity contribution in [2.45, 2.75) is 30.5 Å². The molecular formula is C9H15Br6O4P. The van der Waals surface area contributed by atoms with Crippen LogP contribution in [0.15, 0.2) is 0 Å². The lowest BCUT2D eigenvalue weighted by Crippen LogP contribution is -2.07. The molecule has 0 radical (unpaired) electrons. The van der Waals surface area contributed by atoms with E-state index in [-0.39, 0.29) is 31.0 Å². The lowest BCUT2D eigenvalue weighted by atomic mass is 10.5. The van der Waals surface area contributed by atoms with E-state index in [4.69, 9.17) is 13.6 Å². The van der Waals surface area contributed by atoms with Crippen LogP contribution in [-0.2, 0) is 18.1 Å². The monoisotopic (exact) mass is 692 g/mol. The minimum Gasteiger partial charge on any atom is -0.287 e. The van der Waals surface area contributed by atoms with Crippen LogP contribution in [0.3, 0.4) is 0 Å². The van der Waals surface area contributed by atoms with Crippen molar-refractivity contribution in [3.63, 3.8) is 0 Å².